The summed E-state index contributed by atoms with van der Waals surface area (Å²) < 4.78 is 17.2. The lowest BCUT2D eigenvalue weighted by Gasteiger charge is -2.31. The molecule has 302 valence electrons. The summed E-state index contributed by atoms with van der Waals surface area (Å²) in [5, 5.41) is 9.60. The van der Waals surface area contributed by atoms with Crippen molar-refractivity contribution in [1.29, 1.82) is 0 Å². The first-order valence-electron chi connectivity index (χ1n) is 21.0. The Bertz CT molecular complexity index is 953. The van der Waals surface area contributed by atoms with Crippen LogP contribution in [0.1, 0.15) is 174 Å². The molecule has 0 fully saturated rings. The smallest absolute Gasteiger partial charge is 0.362 e. The first-order chi connectivity index (χ1) is 25.1. The van der Waals surface area contributed by atoms with Crippen LogP contribution in [-0.2, 0) is 28.6 Å². The van der Waals surface area contributed by atoms with Crippen LogP contribution in [0.15, 0.2) is 36.5 Å². The molecule has 0 heterocycles. The highest BCUT2D eigenvalue weighted by Crippen LogP contribution is 2.15. The molecule has 52 heavy (non-hydrogen) atoms. The van der Waals surface area contributed by atoms with Crippen molar-refractivity contribution in [3.05, 3.63) is 36.5 Å². The van der Waals surface area contributed by atoms with E-state index in [1.807, 2.05) is 21.1 Å². The molecule has 1 N–H and O–H groups in total. The highest BCUT2D eigenvalue weighted by atomic mass is 16.6. The number of hydrogen-bond acceptors (Lipinski definition) is 6. The molecule has 0 saturated carbocycles. The average Bonchev–Trinajstić information content (AvgIpc) is 3.09. The molecule has 0 spiro atoms. The Hall–Kier alpha value is -2.45. The molecule has 0 bridgehead atoms. The molecule has 0 aromatic rings. The number of quaternary nitrogens is 1. The molecule has 2 atom stereocenters. The average molecular weight is 735 g/mol. The van der Waals surface area contributed by atoms with E-state index >= 15 is 0 Å². The van der Waals surface area contributed by atoms with Crippen LogP contribution in [0, 0.1) is 0 Å². The number of rotatable bonds is 37. The maximum absolute atomic E-state index is 12.7. The summed E-state index contributed by atoms with van der Waals surface area (Å²) in [5.74, 6) is -1.50. The summed E-state index contributed by atoms with van der Waals surface area (Å²) in [6.07, 6.45) is 39.0. The maximum Gasteiger partial charge on any atom is 0.362 e. The van der Waals surface area contributed by atoms with Gasteiger partial charge >= 0.3 is 17.9 Å². The molecular formula is C44H80NO7+. The number of unbranched alkanes of at least 4 members (excludes halogenated alkanes) is 17. The Morgan fingerprint density at radius 2 is 1.08 bits per heavy atom. The fourth-order valence-electron chi connectivity index (χ4n) is 6.05. The van der Waals surface area contributed by atoms with E-state index in [0.29, 0.717) is 19.3 Å². The molecule has 0 aliphatic carbocycles. The molecule has 0 saturated heterocycles. The predicted octanol–water partition coefficient (Wildman–Crippen LogP) is 11.1. The highest BCUT2D eigenvalue weighted by Gasteiger charge is 2.31. The SMILES string of the molecule is CC/C=C\C/C=C\C/C=C\CCCCCC(=O)OC(COCCC(C(=O)O)[N+](C)(C)C)COC(=O)CCCCCCCCCCCCCCCCC. The third-order valence-corrected chi connectivity index (χ3v) is 9.30. The van der Waals surface area contributed by atoms with E-state index in [0.717, 1.165) is 64.2 Å². The molecule has 0 aromatic heterocycles. The fourth-order valence-corrected chi connectivity index (χ4v) is 6.05. The second kappa shape index (κ2) is 35.6. The Morgan fingerprint density at radius 1 is 0.596 bits per heavy atom. The number of carboxylic acids is 1. The predicted molar refractivity (Wildman–Crippen MR) is 215 cm³/mol. The second-order valence-electron chi connectivity index (χ2n) is 15.2. The Labute approximate surface area is 319 Å². The topological polar surface area (TPSA) is 99.1 Å². The molecule has 8 nitrogen and oxygen atoms in total. The van der Waals surface area contributed by atoms with E-state index in [1.165, 1.54) is 77.0 Å². The van der Waals surface area contributed by atoms with Gasteiger partial charge in [-0.1, -0.05) is 147 Å². The molecule has 8 heteroatoms. The van der Waals surface area contributed by atoms with Crippen LogP contribution in [0.25, 0.3) is 0 Å². The van der Waals surface area contributed by atoms with Crippen molar-refractivity contribution in [1.82, 2.24) is 0 Å². The zero-order chi connectivity index (χ0) is 38.5. The molecule has 0 rings (SSSR count). The van der Waals surface area contributed by atoms with Crippen LogP contribution in [0.4, 0.5) is 0 Å². The summed E-state index contributed by atoms with van der Waals surface area (Å²) >= 11 is 0. The molecule has 2 unspecified atom stereocenters. The summed E-state index contributed by atoms with van der Waals surface area (Å²) in [4.78, 5) is 36.9. The van der Waals surface area contributed by atoms with Gasteiger partial charge in [0.15, 0.2) is 12.1 Å². The fraction of sp³-hybridized carbons (Fsp3) is 0.795. The van der Waals surface area contributed by atoms with E-state index in [-0.39, 0.29) is 36.2 Å². The van der Waals surface area contributed by atoms with Gasteiger partial charge in [0.1, 0.15) is 6.61 Å². The van der Waals surface area contributed by atoms with Gasteiger partial charge in [-0.05, 0) is 44.9 Å². The van der Waals surface area contributed by atoms with Gasteiger partial charge in [0, 0.05) is 19.3 Å². The third kappa shape index (κ3) is 33.4. The number of carbonyl (C=O) groups excluding carboxylic acids is 2. The number of allylic oxidation sites excluding steroid dienone is 6. The molecule has 0 aromatic carbocycles. The van der Waals surface area contributed by atoms with E-state index in [1.54, 1.807) is 0 Å². The number of aliphatic carboxylic acids is 1. The van der Waals surface area contributed by atoms with Gasteiger partial charge in [-0.25, -0.2) is 4.79 Å². The lowest BCUT2D eigenvalue weighted by atomic mass is 10.0. The summed E-state index contributed by atoms with van der Waals surface area (Å²) in [5.41, 5.74) is 0. The van der Waals surface area contributed by atoms with Crippen molar-refractivity contribution < 1.29 is 38.2 Å². The number of likely N-dealkylation sites (N-methyl/N-ethyl adjacent to an activating group) is 1. The minimum Gasteiger partial charge on any atom is -0.477 e. The van der Waals surface area contributed by atoms with Crippen molar-refractivity contribution >= 4 is 17.9 Å². The summed E-state index contributed by atoms with van der Waals surface area (Å²) in [6.45, 7) is 4.59. The zero-order valence-corrected chi connectivity index (χ0v) is 34.3. The largest absolute Gasteiger partial charge is 0.477 e. The Kier molecular flexibility index (Phi) is 33.9. The van der Waals surface area contributed by atoms with E-state index < -0.39 is 18.1 Å². The van der Waals surface area contributed by atoms with Gasteiger partial charge in [-0.2, -0.15) is 0 Å². The van der Waals surface area contributed by atoms with Crippen molar-refractivity contribution in [2.24, 2.45) is 0 Å². The van der Waals surface area contributed by atoms with Crippen molar-refractivity contribution in [3.8, 4) is 0 Å². The van der Waals surface area contributed by atoms with Crippen LogP contribution in [-0.4, -0.2) is 80.6 Å². The Morgan fingerprint density at radius 3 is 1.60 bits per heavy atom. The number of carboxylic acid groups (broad SMARTS) is 1. The lowest BCUT2D eigenvalue weighted by Crippen LogP contribution is -2.50. The first-order valence-corrected chi connectivity index (χ1v) is 21.0. The summed E-state index contributed by atoms with van der Waals surface area (Å²) in [7, 11) is 5.51. The third-order valence-electron chi connectivity index (χ3n) is 9.30. The van der Waals surface area contributed by atoms with E-state index in [2.05, 4.69) is 50.3 Å². The van der Waals surface area contributed by atoms with Gasteiger partial charge < -0.3 is 23.8 Å². The van der Waals surface area contributed by atoms with Crippen LogP contribution >= 0.6 is 0 Å². The molecular weight excluding hydrogens is 654 g/mol. The normalized spacial score (nSPS) is 13.3. The van der Waals surface area contributed by atoms with Gasteiger partial charge in [0.2, 0.25) is 0 Å². The molecule has 0 radical (unpaired) electrons. The van der Waals surface area contributed by atoms with Crippen LogP contribution in [0.3, 0.4) is 0 Å². The number of esters is 2. The van der Waals surface area contributed by atoms with E-state index in [9.17, 15) is 19.5 Å². The number of ether oxygens (including phenoxy) is 3. The first kappa shape index (κ1) is 49.6. The number of nitrogens with zero attached hydrogens (tertiary/aromatic N) is 1. The van der Waals surface area contributed by atoms with Crippen LogP contribution in [0.2, 0.25) is 0 Å². The van der Waals surface area contributed by atoms with Gasteiger partial charge in [0.25, 0.3) is 0 Å². The van der Waals surface area contributed by atoms with Crippen molar-refractivity contribution in [2.45, 2.75) is 187 Å². The maximum atomic E-state index is 12.7. The van der Waals surface area contributed by atoms with Crippen LogP contribution in [0.5, 0.6) is 0 Å². The lowest BCUT2D eigenvalue weighted by molar-refractivity contribution is -0.887. The monoisotopic (exact) mass is 735 g/mol. The summed E-state index contributed by atoms with van der Waals surface area (Å²) in [6, 6.07) is -0.618. The number of carbonyl (C=O) groups is 3. The van der Waals surface area contributed by atoms with Gasteiger partial charge in [-0.15, -0.1) is 0 Å². The van der Waals surface area contributed by atoms with E-state index in [4.69, 9.17) is 14.2 Å². The molecule has 0 aliphatic heterocycles. The minimum atomic E-state index is -0.880. The zero-order valence-electron chi connectivity index (χ0n) is 34.3. The minimum absolute atomic E-state index is 0.0512. The highest BCUT2D eigenvalue weighted by molar-refractivity contribution is 5.72. The standard InChI is InChI=1S/C44H79NO7/c1-6-8-10-12-14-16-18-20-21-23-24-26-28-30-32-34-42(46)51-39-40(38-50-37-36-41(44(48)49)45(3,4)5)52-43(47)35-33-31-29-27-25-22-19-17-15-13-11-9-7-2/h9,11,15,17,22,25,40-41H,6-8,10,12-14,16,18-21,23-24,26-39H2,1-5H3/p+1/b11-9-,17-15-,25-22-. The molecule has 0 aliphatic rings. The van der Waals surface area contributed by atoms with Crippen molar-refractivity contribution in [3.63, 3.8) is 0 Å². The molecule has 0 amide bonds. The Balaban J connectivity index is 4.39. The van der Waals surface area contributed by atoms with Gasteiger partial charge in [0.05, 0.1) is 34.4 Å². The second-order valence-corrected chi connectivity index (χ2v) is 15.2. The van der Waals surface area contributed by atoms with Gasteiger partial charge in [-0.3, -0.25) is 9.59 Å². The van der Waals surface area contributed by atoms with Crippen molar-refractivity contribution in [2.75, 3.05) is 41.0 Å². The number of hydrogen-bond donors (Lipinski definition) is 1. The quantitative estimate of drug-likeness (QED) is 0.0293. The van der Waals surface area contributed by atoms with Crippen LogP contribution < -0.4 is 0 Å².